The quantitative estimate of drug-likeness (QED) is 0.648. The van der Waals surface area contributed by atoms with Crippen molar-refractivity contribution >= 4 is 35.0 Å². The van der Waals surface area contributed by atoms with Crippen molar-refractivity contribution in [3.8, 4) is 0 Å². The second kappa shape index (κ2) is 6.31. The van der Waals surface area contributed by atoms with Crippen LogP contribution in [0.1, 0.15) is 20.8 Å². The van der Waals surface area contributed by atoms with Crippen molar-refractivity contribution in [2.75, 3.05) is 16.9 Å². The van der Waals surface area contributed by atoms with Gasteiger partial charge in [-0.05, 0) is 31.7 Å². The summed E-state index contributed by atoms with van der Waals surface area (Å²) < 4.78 is 0. The number of hydrogen-bond acceptors (Lipinski definition) is 2. The molecule has 0 aromatic heterocycles. The van der Waals surface area contributed by atoms with Crippen molar-refractivity contribution in [1.29, 1.82) is 0 Å². The molecule has 0 aliphatic heterocycles. The molecule has 2 nitrogen and oxygen atoms in total. The number of nitrogens with one attached hydrogen (secondary N) is 1. The average Bonchev–Trinajstić information content (AvgIpc) is 2.32. The first-order chi connectivity index (χ1) is 8.01. The monoisotopic (exact) mass is 271 g/mol. The smallest absolute Gasteiger partial charge is 0.231 e. The van der Waals surface area contributed by atoms with Gasteiger partial charge < -0.3 is 5.32 Å². The second-order valence-electron chi connectivity index (χ2n) is 4.40. The van der Waals surface area contributed by atoms with Crippen LogP contribution >= 0.6 is 23.4 Å². The van der Waals surface area contributed by atoms with Gasteiger partial charge in [0.25, 0.3) is 0 Å². The zero-order valence-corrected chi connectivity index (χ0v) is 12.0. The Morgan fingerprint density at radius 1 is 1.41 bits per heavy atom. The molecule has 0 radical (unpaired) electrons. The fraction of sp³-hybridized carbons (Fsp3) is 0.462. The minimum absolute atomic E-state index is 0.0448. The van der Waals surface area contributed by atoms with Crippen molar-refractivity contribution in [3.05, 3.63) is 24.3 Å². The summed E-state index contributed by atoms with van der Waals surface area (Å²) in [4.78, 5) is 13.1. The first-order valence-corrected chi connectivity index (χ1v) is 7.12. The number of thioether (sulfide) groups is 1. The van der Waals surface area contributed by atoms with Crippen LogP contribution in [-0.2, 0) is 4.79 Å². The van der Waals surface area contributed by atoms with Crippen LogP contribution in [-0.4, -0.2) is 17.5 Å². The van der Waals surface area contributed by atoms with Crippen LogP contribution in [0, 0.1) is 5.41 Å². The Labute approximate surface area is 112 Å². The molecule has 0 bridgehead atoms. The summed E-state index contributed by atoms with van der Waals surface area (Å²) in [5.41, 5.74) is 0.313. The lowest BCUT2D eigenvalue weighted by Gasteiger charge is -2.21. The molecule has 1 aromatic rings. The van der Waals surface area contributed by atoms with Crippen molar-refractivity contribution < 1.29 is 4.79 Å². The minimum Gasteiger partial charge on any atom is -0.325 e. The highest BCUT2D eigenvalue weighted by atomic mass is 35.5. The summed E-state index contributed by atoms with van der Waals surface area (Å²) >= 11 is 7.50. The van der Waals surface area contributed by atoms with Crippen LogP contribution in [0.25, 0.3) is 0 Å². The molecule has 1 aromatic carbocycles. The Balaban J connectivity index is 2.84. The van der Waals surface area contributed by atoms with Gasteiger partial charge >= 0.3 is 0 Å². The van der Waals surface area contributed by atoms with E-state index in [4.69, 9.17) is 11.6 Å². The van der Waals surface area contributed by atoms with E-state index in [1.54, 1.807) is 11.8 Å². The summed E-state index contributed by atoms with van der Waals surface area (Å²) in [6, 6.07) is 7.82. The normalized spacial score (nSPS) is 11.3. The van der Waals surface area contributed by atoms with E-state index >= 15 is 0 Å². The third-order valence-corrected chi connectivity index (χ3v) is 4.01. The van der Waals surface area contributed by atoms with Gasteiger partial charge in [-0.2, -0.15) is 0 Å². The molecule has 0 atom stereocenters. The molecule has 0 saturated carbocycles. The standard InChI is InChI=1S/C13H18ClNOS/c1-4-17-11-8-6-5-7-10(11)15-12(16)13(2,3)9-14/h5-8H,4,9H2,1-3H3,(H,15,16). The van der Waals surface area contributed by atoms with Gasteiger partial charge in [0.05, 0.1) is 11.1 Å². The van der Waals surface area contributed by atoms with Crippen molar-refractivity contribution in [1.82, 2.24) is 0 Å². The molecule has 0 saturated heterocycles. The van der Waals surface area contributed by atoms with Gasteiger partial charge in [0, 0.05) is 10.8 Å². The second-order valence-corrected chi connectivity index (χ2v) is 5.97. The summed E-state index contributed by atoms with van der Waals surface area (Å²) in [5, 5.41) is 2.94. The van der Waals surface area contributed by atoms with Gasteiger partial charge in [-0.15, -0.1) is 23.4 Å². The topological polar surface area (TPSA) is 29.1 Å². The number of carbonyl (C=O) groups is 1. The largest absolute Gasteiger partial charge is 0.325 e. The predicted molar refractivity (Wildman–Crippen MR) is 76.0 cm³/mol. The van der Waals surface area contributed by atoms with E-state index in [1.165, 1.54) is 0 Å². The highest BCUT2D eigenvalue weighted by molar-refractivity contribution is 7.99. The Morgan fingerprint density at radius 2 is 2.06 bits per heavy atom. The lowest BCUT2D eigenvalue weighted by atomic mass is 9.95. The fourth-order valence-corrected chi connectivity index (χ4v) is 2.09. The SMILES string of the molecule is CCSc1ccccc1NC(=O)C(C)(C)CCl. The first kappa shape index (κ1) is 14.4. The molecule has 1 rings (SSSR count). The van der Waals surface area contributed by atoms with E-state index < -0.39 is 5.41 Å². The first-order valence-electron chi connectivity index (χ1n) is 5.60. The number of rotatable bonds is 5. The molecule has 17 heavy (non-hydrogen) atoms. The molecule has 0 heterocycles. The molecule has 0 aliphatic carbocycles. The molecule has 1 amide bonds. The van der Waals surface area contributed by atoms with Gasteiger partial charge in [0.15, 0.2) is 0 Å². The fourth-order valence-electron chi connectivity index (χ4n) is 1.20. The third-order valence-electron chi connectivity index (χ3n) is 2.38. The van der Waals surface area contributed by atoms with Gasteiger partial charge in [0.1, 0.15) is 0 Å². The number of anilines is 1. The van der Waals surface area contributed by atoms with Crippen LogP contribution in [0.15, 0.2) is 29.2 Å². The maximum Gasteiger partial charge on any atom is 0.231 e. The Hall–Kier alpha value is -0.670. The zero-order chi connectivity index (χ0) is 12.9. The maximum atomic E-state index is 12.0. The Morgan fingerprint density at radius 3 is 2.65 bits per heavy atom. The van der Waals surface area contributed by atoms with Crippen molar-refractivity contribution in [2.24, 2.45) is 5.41 Å². The van der Waals surface area contributed by atoms with E-state index in [0.717, 1.165) is 16.3 Å². The predicted octanol–water partition coefficient (Wildman–Crippen LogP) is 4.00. The van der Waals surface area contributed by atoms with Crippen molar-refractivity contribution in [3.63, 3.8) is 0 Å². The number of hydrogen-bond donors (Lipinski definition) is 1. The molecular formula is C13H18ClNOS. The highest BCUT2D eigenvalue weighted by Gasteiger charge is 2.26. The third kappa shape index (κ3) is 3.93. The van der Waals surface area contributed by atoms with E-state index in [-0.39, 0.29) is 5.91 Å². The molecule has 0 spiro atoms. The van der Waals surface area contributed by atoms with Crippen molar-refractivity contribution in [2.45, 2.75) is 25.7 Å². The molecule has 1 N–H and O–H groups in total. The van der Waals surface area contributed by atoms with E-state index in [1.807, 2.05) is 38.1 Å². The summed E-state index contributed by atoms with van der Waals surface area (Å²) in [7, 11) is 0. The van der Waals surface area contributed by atoms with Crippen LogP contribution in [0.5, 0.6) is 0 Å². The Bertz CT molecular complexity index is 393. The lowest BCUT2D eigenvalue weighted by molar-refractivity contribution is -0.122. The maximum absolute atomic E-state index is 12.0. The molecule has 0 fully saturated rings. The average molecular weight is 272 g/mol. The number of amides is 1. The van der Waals surface area contributed by atoms with Gasteiger partial charge in [-0.3, -0.25) is 4.79 Å². The lowest BCUT2D eigenvalue weighted by Crippen LogP contribution is -2.32. The van der Waals surface area contributed by atoms with Gasteiger partial charge in [-0.25, -0.2) is 0 Å². The van der Waals surface area contributed by atoms with Gasteiger partial charge in [-0.1, -0.05) is 19.1 Å². The van der Waals surface area contributed by atoms with E-state index in [9.17, 15) is 4.79 Å². The van der Waals surface area contributed by atoms with Crippen LogP contribution < -0.4 is 5.32 Å². The molecule has 94 valence electrons. The van der Waals surface area contributed by atoms with Gasteiger partial charge in [0.2, 0.25) is 5.91 Å². The molecule has 0 unspecified atom stereocenters. The van der Waals surface area contributed by atoms with E-state index in [0.29, 0.717) is 5.88 Å². The number of carbonyl (C=O) groups excluding carboxylic acids is 1. The minimum atomic E-state index is -0.550. The zero-order valence-electron chi connectivity index (χ0n) is 10.4. The number of para-hydroxylation sites is 1. The number of alkyl halides is 1. The number of halogens is 1. The van der Waals surface area contributed by atoms with E-state index in [2.05, 4.69) is 12.2 Å². The molecule has 4 heteroatoms. The van der Waals surface area contributed by atoms with Crippen LogP contribution in [0.3, 0.4) is 0 Å². The van der Waals surface area contributed by atoms with Crippen LogP contribution in [0.4, 0.5) is 5.69 Å². The Kier molecular flexibility index (Phi) is 5.34. The van der Waals surface area contributed by atoms with Crippen LogP contribution in [0.2, 0.25) is 0 Å². The summed E-state index contributed by atoms with van der Waals surface area (Å²) in [6.07, 6.45) is 0. The number of benzene rings is 1. The highest BCUT2D eigenvalue weighted by Crippen LogP contribution is 2.28. The molecule has 0 aliphatic rings. The summed E-state index contributed by atoms with van der Waals surface area (Å²) in [6.45, 7) is 5.77. The summed E-state index contributed by atoms with van der Waals surface area (Å²) in [5.74, 6) is 1.24. The molecular weight excluding hydrogens is 254 g/mol.